The van der Waals surface area contributed by atoms with Gasteiger partial charge >= 0.3 is 6.09 Å². The molecule has 1 aromatic carbocycles. The number of piperidine rings is 1. The molecule has 1 saturated carbocycles. The Morgan fingerprint density at radius 1 is 1.28 bits per heavy atom. The summed E-state index contributed by atoms with van der Waals surface area (Å²) in [7, 11) is -3.17. The quantitative estimate of drug-likeness (QED) is 0.673. The maximum Gasteiger partial charge on any atom is 0.407 e. The highest BCUT2D eigenvalue weighted by molar-refractivity contribution is 7.88. The van der Waals surface area contributed by atoms with Crippen molar-refractivity contribution in [2.75, 3.05) is 32.4 Å². The van der Waals surface area contributed by atoms with Crippen LogP contribution in [0.5, 0.6) is 0 Å². The number of carbonyl (C=O) groups is 1. The van der Waals surface area contributed by atoms with Crippen molar-refractivity contribution in [3.05, 3.63) is 41.5 Å². The maximum absolute atomic E-state index is 12.0. The Labute approximate surface area is 173 Å². The van der Waals surface area contributed by atoms with Gasteiger partial charge in [-0.1, -0.05) is 42.0 Å². The molecule has 29 heavy (non-hydrogen) atoms. The van der Waals surface area contributed by atoms with Crippen molar-refractivity contribution in [2.45, 2.75) is 38.3 Å². The zero-order valence-electron chi connectivity index (χ0n) is 17.1. The van der Waals surface area contributed by atoms with Gasteiger partial charge in [0.05, 0.1) is 6.26 Å². The van der Waals surface area contributed by atoms with Crippen LogP contribution in [0.15, 0.2) is 35.9 Å². The van der Waals surface area contributed by atoms with Crippen molar-refractivity contribution < 1.29 is 18.3 Å². The summed E-state index contributed by atoms with van der Waals surface area (Å²) in [5, 5.41) is 9.84. The highest BCUT2D eigenvalue weighted by Gasteiger charge is 2.47. The number of likely N-dealkylation sites (tertiary alicyclic amines) is 1. The molecule has 2 N–H and O–H groups in total. The molecule has 1 unspecified atom stereocenters. The summed E-state index contributed by atoms with van der Waals surface area (Å²) >= 11 is 0. The van der Waals surface area contributed by atoms with Crippen LogP contribution in [-0.2, 0) is 10.0 Å². The minimum absolute atomic E-state index is 0.0335. The average molecular weight is 422 g/mol. The van der Waals surface area contributed by atoms with Gasteiger partial charge in [-0.05, 0) is 31.7 Å². The van der Waals surface area contributed by atoms with E-state index >= 15 is 0 Å². The normalized spacial score (nSPS) is 23.7. The fraction of sp³-hybridized carbons (Fsp3) is 0.571. The van der Waals surface area contributed by atoms with Gasteiger partial charge in [0.1, 0.15) is 0 Å². The Kier molecular flexibility index (Phi) is 6.97. The molecule has 1 heterocycles. The summed E-state index contributed by atoms with van der Waals surface area (Å²) in [5.41, 5.74) is 2.38. The maximum atomic E-state index is 12.0. The van der Waals surface area contributed by atoms with Gasteiger partial charge in [-0.25, -0.2) is 17.9 Å². The van der Waals surface area contributed by atoms with E-state index in [-0.39, 0.29) is 12.1 Å². The number of carboxylic acid groups (broad SMARTS) is 1. The number of sulfonamides is 1. The van der Waals surface area contributed by atoms with E-state index in [2.05, 4.69) is 34.8 Å². The molecule has 3 rings (SSSR count). The van der Waals surface area contributed by atoms with E-state index in [1.807, 2.05) is 18.2 Å². The molecule has 1 amide bonds. The monoisotopic (exact) mass is 421 g/mol. The van der Waals surface area contributed by atoms with Gasteiger partial charge in [0.15, 0.2) is 0 Å². The van der Waals surface area contributed by atoms with Crippen LogP contribution in [-0.4, -0.2) is 73.9 Å². The molecule has 7 nitrogen and oxygen atoms in total. The van der Waals surface area contributed by atoms with Crippen molar-refractivity contribution in [1.29, 1.82) is 0 Å². The number of nitrogens with one attached hydrogen (secondary N) is 1. The second-order valence-corrected chi connectivity index (χ2v) is 9.97. The molecule has 0 radical (unpaired) electrons. The van der Waals surface area contributed by atoms with Gasteiger partial charge in [0.2, 0.25) is 10.0 Å². The predicted octanol–water partition coefficient (Wildman–Crippen LogP) is 2.47. The highest BCUT2D eigenvalue weighted by Crippen LogP contribution is 2.44. The minimum Gasteiger partial charge on any atom is -0.465 e. The molecule has 1 aromatic rings. The first-order valence-corrected chi connectivity index (χ1v) is 12.1. The molecule has 0 spiro atoms. The average Bonchev–Trinajstić information content (AvgIpc) is 3.43. The van der Waals surface area contributed by atoms with E-state index in [9.17, 15) is 18.3 Å². The molecule has 2 fully saturated rings. The van der Waals surface area contributed by atoms with Crippen molar-refractivity contribution in [3.8, 4) is 0 Å². The summed E-state index contributed by atoms with van der Waals surface area (Å²) < 4.78 is 24.8. The molecule has 0 bridgehead atoms. The second kappa shape index (κ2) is 9.28. The Balaban J connectivity index is 1.53. The first-order chi connectivity index (χ1) is 13.7. The zero-order valence-corrected chi connectivity index (χ0v) is 17.9. The summed E-state index contributed by atoms with van der Waals surface area (Å²) in [6.45, 7) is 4.71. The lowest BCUT2D eigenvalue weighted by molar-refractivity contribution is 0.0851. The second-order valence-electron chi connectivity index (χ2n) is 8.14. The van der Waals surface area contributed by atoms with E-state index in [1.165, 1.54) is 5.57 Å². The Morgan fingerprint density at radius 2 is 1.93 bits per heavy atom. The summed E-state index contributed by atoms with van der Waals surface area (Å²) in [5.74, 6) is 0.295. The van der Waals surface area contributed by atoms with Crippen LogP contribution >= 0.6 is 0 Å². The van der Waals surface area contributed by atoms with E-state index in [1.54, 1.807) is 4.90 Å². The van der Waals surface area contributed by atoms with Crippen LogP contribution in [0.1, 0.15) is 31.7 Å². The predicted molar refractivity (Wildman–Crippen MR) is 114 cm³/mol. The van der Waals surface area contributed by atoms with Gasteiger partial charge in [0.25, 0.3) is 0 Å². The molecule has 1 aliphatic heterocycles. The van der Waals surface area contributed by atoms with Crippen molar-refractivity contribution in [2.24, 2.45) is 5.92 Å². The zero-order chi connectivity index (χ0) is 21.0. The van der Waals surface area contributed by atoms with Crippen LogP contribution in [0.2, 0.25) is 0 Å². The molecule has 160 valence electrons. The minimum atomic E-state index is -3.17. The lowest BCUT2D eigenvalue weighted by atomic mass is 10.0. The number of benzene rings is 1. The summed E-state index contributed by atoms with van der Waals surface area (Å²) in [4.78, 5) is 15.9. The van der Waals surface area contributed by atoms with Crippen LogP contribution in [0.3, 0.4) is 0 Å². The van der Waals surface area contributed by atoms with Crippen molar-refractivity contribution >= 4 is 22.2 Å². The third-order valence-corrected chi connectivity index (χ3v) is 6.58. The van der Waals surface area contributed by atoms with Gasteiger partial charge in [-0.3, -0.25) is 0 Å². The molecular weight excluding hydrogens is 390 g/mol. The lowest BCUT2D eigenvalue weighted by Crippen LogP contribution is -2.49. The number of nitrogens with zero attached hydrogens (tertiary/aromatic N) is 2. The van der Waals surface area contributed by atoms with E-state index < -0.39 is 16.1 Å². The first kappa shape index (κ1) is 21.8. The lowest BCUT2D eigenvalue weighted by Gasteiger charge is -2.37. The standard InChI is InChI=1S/C21H31N3O4S/c1-16(14-17-6-4-3-5-7-17)19-15-20(19)24(21(25)26)18-8-11-23(12-9-18)13-10-22-29(2,27)28/h3-7,14,18-20,22H,8-13,15H2,1-2H3,(H,25,26)/t19?,20-/m0/s1. The topological polar surface area (TPSA) is 90.0 Å². The Hall–Kier alpha value is -1.90. The summed E-state index contributed by atoms with van der Waals surface area (Å²) in [6, 6.07) is 10.2. The molecular formula is C21H31N3O4S. The fourth-order valence-corrected chi connectivity index (χ4v) is 4.74. The van der Waals surface area contributed by atoms with Crippen molar-refractivity contribution in [1.82, 2.24) is 14.5 Å². The molecule has 1 aliphatic carbocycles. The molecule has 0 aromatic heterocycles. The van der Waals surface area contributed by atoms with E-state index in [0.717, 1.165) is 44.2 Å². The molecule has 8 heteroatoms. The number of rotatable bonds is 8. The molecule has 2 aliphatic rings. The third kappa shape index (κ3) is 6.29. The fourth-order valence-electron chi connectivity index (χ4n) is 4.28. The van der Waals surface area contributed by atoms with Gasteiger partial charge in [-0.15, -0.1) is 0 Å². The van der Waals surface area contributed by atoms with E-state index in [0.29, 0.717) is 19.0 Å². The van der Waals surface area contributed by atoms with Crippen LogP contribution in [0.25, 0.3) is 6.08 Å². The molecule has 1 saturated heterocycles. The summed E-state index contributed by atoms with van der Waals surface area (Å²) in [6.07, 6.45) is 4.94. The first-order valence-electron chi connectivity index (χ1n) is 10.2. The SMILES string of the molecule is CC(=Cc1ccccc1)C1C[C@@H]1N(C(=O)O)C1CCN(CCNS(C)(=O)=O)CC1. The molecule has 2 atom stereocenters. The van der Waals surface area contributed by atoms with Gasteiger partial charge in [0, 0.05) is 44.2 Å². The van der Waals surface area contributed by atoms with Crippen molar-refractivity contribution in [3.63, 3.8) is 0 Å². The highest BCUT2D eigenvalue weighted by atomic mass is 32.2. The van der Waals surface area contributed by atoms with Crippen LogP contribution in [0, 0.1) is 5.92 Å². The Morgan fingerprint density at radius 3 is 2.52 bits per heavy atom. The third-order valence-electron chi connectivity index (χ3n) is 5.86. The van der Waals surface area contributed by atoms with Gasteiger partial charge in [-0.2, -0.15) is 0 Å². The number of amides is 1. The number of hydrogen-bond acceptors (Lipinski definition) is 4. The van der Waals surface area contributed by atoms with Gasteiger partial charge < -0.3 is 14.9 Å². The number of hydrogen-bond donors (Lipinski definition) is 2. The smallest absolute Gasteiger partial charge is 0.407 e. The largest absolute Gasteiger partial charge is 0.465 e. The van der Waals surface area contributed by atoms with E-state index in [4.69, 9.17) is 0 Å². The Bertz CT molecular complexity index is 833. The van der Waals surface area contributed by atoms with Crippen LogP contribution < -0.4 is 4.72 Å². The van der Waals surface area contributed by atoms with Crippen LogP contribution in [0.4, 0.5) is 4.79 Å².